The molecule has 2 nitrogen and oxygen atoms in total. The van der Waals surface area contributed by atoms with E-state index in [2.05, 4.69) is 69.2 Å². The van der Waals surface area contributed by atoms with E-state index in [4.69, 9.17) is 0 Å². The Bertz CT molecular complexity index is 551. The Morgan fingerprint density at radius 2 is 0.833 bits per heavy atom. The molecule has 30 heavy (non-hydrogen) atoms. The van der Waals surface area contributed by atoms with E-state index >= 15 is 0 Å². The van der Waals surface area contributed by atoms with Crippen molar-refractivity contribution in [3.63, 3.8) is 0 Å². The average Bonchev–Trinajstić information content (AvgIpc) is 2.52. The molecule has 2 aliphatic rings. The first-order chi connectivity index (χ1) is 13.6. The van der Waals surface area contributed by atoms with E-state index in [1.807, 2.05) is 0 Å². The molecular weight excluding hydrogens is 406 g/mol. The van der Waals surface area contributed by atoms with Gasteiger partial charge in [-0.3, -0.25) is 9.59 Å². The lowest BCUT2D eigenvalue weighted by Crippen LogP contribution is -2.43. The molecule has 0 aromatic heterocycles. The van der Waals surface area contributed by atoms with Gasteiger partial charge in [0.25, 0.3) is 0 Å². The lowest BCUT2D eigenvalue weighted by Gasteiger charge is -2.53. The van der Waals surface area contributed by atoms with Crippen LogP contribution in [0.5, 0.6) is 0 Å². The van der Waals surface area contributed by atoms with Crippen LogP contribution in [0.25, 0.3) is 0 Å². The van der Waals surface area contributed by atoms with Crippen molar-refractivity contribution in [3.05, 3.63) is 0 Å². The van der Waals surface area contributed by atoms with Gasteiger partial charge in [0.15, 0.2) is 0 Å². The second-order valence-corrected chi connectivity index (χ2v) is 19.9. The molecule has 2 heterocycles. The largest absolute Gasteiger partial charge is 0.300 e. The molecule has 0 aromatic carbocycles. The SMILES string of the molecule is CCC(CP1C(C)(C)CC(=O)CC1(C)C)C(CC)CP1C(C)(C)CC(=O)CC1(C)C. The normalized spacial score (nSPS) is 28.3. The second kappa shape index (κ2) is 9.21. The maximum absolute atomic E-state index is 12.4. The molecule has 174 valence electrons. The summed E-state index contributed by atoms with van der Waals surface area (Å²) < 4.78 is 0. The summed E-state index contributed by atoms with van der Waals surface area (Å²) in [6.45, 7) is 23.6. The Hall–Kier alpha value is 0.200. The van der Waals surface area contributed by atoms with Crippen molar-refractivity contribution < 1.29 is 9.59 Å². The molecule has 0 aliphatic carbocycles. The molecule has 2 rings (SSSR count). The summed E-state index contributed by atoms with van der Waals surface area (Å²) in [5.41, 5.74) is 0. The highest BCUT2D eigenvalue weighted by molar-refractivity contribution is 7.61. The van der Waals surface area contributed by atoms with Gasteiger partial charge in [-0.1, -0.05) is 97.9 Å². The molecule has 0 spiro atoms. The summed E-state index contributed by atoms with van der Waals surface area (Å²) in [6.07, 6.45) is 8.16. The molecule has 0 bridgehead atoms. The maximum Gasteiger partial charge on any atom is 0.134 e. The third-order valence-corrected chi connectivity index (χ3v) is 16.1. The monoisotopic (exact) mass is 454 g/mol. The summed E-state index contributed by atoms with van der Waals surface area (Å²) in [6, 6.07) is 0. The molecule has 2 fully saturated rings. The van der Waals surface area contributed by atoms with Gasteiger partial charge in [0.2, 0.25) is 0 Å². The number of hydrogen-bond acceptors (Lipinski definition) is 2. The molecule has 4 heteroatoms. The lowest BCUT2D eigenvalue weighted by molar-refractivity contribution is -0.121. The number of ketones is 2. The van der Waals surface area contributed by atoms with Crippen LogP contribution in [0.3, 0.4) is 0 Å². The van der Waals surface area contributed by atoms with Crippen molar-refractivity contribution in [3.8, 4) is 0 Å². The second-order valence-electron chi connectivity index (χ2n) is 12.6. The van der Waals surface area contributed by atoms with Crippen LogP contribution in [0.15, 0.2) is 0 Å². The van der Waals surface area contributed by atoms with Crippen molar-refractivity contribution >= 4 is 27.4 Å². The molecule has 2 saturated heterocycles. The van der Waals surface area contributed by atoms with Crippen LogP contribution in [-0.4, -0.2) is 44.5 Å². The van der Waals surface area contributed by atoms with E-state index in [1.165, 1.54) is 25.2 Å². The lowest BCUT2D eigenvalue weighted by atomic mass is 9.91. The van der Waals surface area contributed by atoms with Gasteiger partial charge in [0, 0.05) is 25.7 Å². The van der Waals surface area contributed by atoms with Crippen LogP contribution >= 0.6 is 15.8 Å². The van der Waals surface area contributed by atoms with E-state index in [1.54, 1.807) is 0 Å². The van der Waals surface area contributed by atoms with Gasteiger partial charge in [-0.25, -0.2) is 0 Å². The van der Waals surface area contributed by atoms with Crippen molar-refractivity contribution in [1.82, 2.24) is 0 Å². The molecule has 2 atom stereocenters. The zero-order valence-corrected chi connectivity index (χ0v) is 23.3. The van der Waals surface area contributed by atoms with Gasteiger partial charge in [-0.2, -0.15) is 0 Å². The van der Waals surface area contributed by atoms with Crippen LogP contribution in [0, 0.1) is 11.8 Å². The summed E-state index contributed by atoms with van der Waals surface area (Å²) >= 11 is 0. The number of rotatable bonds is 7. The number of hydrogen-bond donors (Lipinski definition) is 0. The van der Waals surface area contributed by atoms with Crippen LogP contribution < -0.4 is 0 Å². The smallest absolute Gasteiger partial charge is 0.134 e. The van der Waals surface area contributed by atoms with E-state index < -0.39 is 0 Å². The van der Waals surface area contributed by atoms with Crippen molar-refractivity contribution in [2.24, 2.45) is 11.8 Å². The zero-order chi connectivity index (χ0) is 23.1. The summed E-state index contributed by atoms with van der Waals surface area (Å²) in [5, 5.41) is 0.615. The minimum Gasteiger partial charge on any atom is -0.300 e. The predicted molar refractivity (Wildman–Crippen MR) is 136 cm³/mol. The first kappa shape index (κ1) is 26.5. The van der Waals surface area contributed by atoms with Crippen molar-refractivity contribution in [1.29, 1.82) is 0 Å². The van der Waals surface area contributed by atoms with E-state index in [0.717, 1.165) is 37.5 Å². The van der Waals surface area contributed by atoms with E-state index in [9.17, 15) is 9.59 Å². The highest BCUT2D eigenvalue weighted by Crippen LogP contribution is 2.68. The molecule has 0 N–H and O–H groups in total. The molecule has 0 saturated carbocycles. The molecule has 0 amide bonds. The Morgan fingerprint density at radius 1 is 0.600 bits per heavy atom. The molecule has 0 radical (unpaired) electrons. The van der Waals surface area contributed by atoms with Crippen LogP contribution in [0.4, 0.5) is 0 Å². The summed E-state index contributed by atoms with van der Waals surface area (Å²) in [5.74, 6) is 2.39. The summed E-state index contributed by atoms with van der Waals surface area (Å²) in [7, 11) is -0.428. The fourth-order valence-corrected chi connectivity index (χ4v) is 15.5. The van der Waals surface area contributed by atoms with Gasteiger partial charge >= 0.3 is 0 Å². The first-order valence-electron chi connectivity index (χ1n) is 12.1. The highest BCUT2D eigenvalue weighted by Gasteiger charge is 2.50. The molecule has 2 aliphatic heterocycles. The van der Waals surface area contributed by atoms with E-state index in [-0.39, 0.29) is 36.5 Å². The molecule has 0 aromatic rings. The highest BCUT2D eigenvalue weighted by atomic mass is 31.1. The fraction of sp³-hybridized carbons (Fsp3) is 0.923. The van der Waals surface area contributed by atoms with Gasteiger partial charge in [-0.15, -0.1) is 0 Å². The average molecular weight is 455 g/mol. The van der Waals surface area contributed by atoms with Crippen LogP contribution in [-0.2, 0) is 9.59 Å². The Kier molecular flexibility index (Phi) is 8.12. The Balaban J connectivity index is 2.25. The molecular formula is C26H48O2P2. The number of carbonyl (C=O) groups excluding carboxylic acids is 2. The Labute approximate surface area is 189 Å². The van der Waals surface area contributed by atoms with Gasteiger partial charge in [0.1, 0.15) is 11.6 Å². The third kappa shape index (κ3) is 5.76. The van der Waals surface area contributed by atoms with Crippen LogP contribution in [0.1, 0.15) is 108 Å². The predicted octanol–water partition coefficient (Wildman–Crippen LogP) is 7.84. The maximum atomic E-state index is 12.4. The van der Waals surface area contributed by atoms with Gasteiger partial charge < -0.3 is 0 Å². The quantitative estimate of drug-likeness (QED) is 0.367. The van der Waals surface area contributed by atoms with Gasteiger partial charge in [0.05, 0.1) is 0 Å². The summed E-state index contributed by atoms with van der Waals surface area (Å²) in [4.78, 5) is 24.8. The van der Waals surface area contributed by atoms with Gasteiger partial charge in [-0.05, 0) is 44.8 Å². The molecule has 2 unspecified atom stereocenters. The number of carbonyl (C=O) groups is 2. The Morgan fingerprint density at radius 3 is 1.03 bits per heavy atom. The minimum atomic E-state index is -0.214. The third-order valence-electron chi connectivity index (χ3n) is 7.99. The minimum absolute atomic E-state index is 0.154. The topological polar surface area (TPSA) is 34.1 Å². The van der Waals surface area contributed by atoms with Crippen molar-refractivity contribution in [2.45, 2.75) is 128 Å². The fourth-order valence-electron chi connectivity index (χ4n) is 6.76. The first-order valence-corrected chi connectivity index (χ1v) is 15.2. The van der Waals surface area contributed by atoms with Crippen molar-refractivity contribution in [2.75, 3.05) is 12.3 Å². The number of Topliss-reactive ketones (excluding diaryl/α,β-unsaturated/α-hetero) is 2. The van der Waals surface area contributed by atoms with E-state index in [0.29, 0.717) is 11.6 Å². The standard InChI is InChI=1S/C26H48O2P2/c1-11-19(17-29-23(3,4)13-21(27)14-24(29,5)6)20(12-2)18-30-25(7,8)15-22(28)16-26(30,9)10/h19-20H,11-18H2,1-10H3. The zero-order valence-electron chi connectivity index (χ0n) is 21.5. The van der Waals surface area contributed by atoms with Crippen LogP contribution in [0.2, 0.25) is 0 Å².